The Balaban J connectivity index is 2.37. The number of hydrogen-bond acceptors (Lipinski definition) is 4. The van der Waals surface area contributed by atoms with Gasteiger partial charge < -0.3 is 19.8 Å². The van der Waals surface area contributed by atoms with Crippen molar-refractivity contribution in [2.45, 2.75) is 26.4 Å². The summed E-state index contributed by atoms with van der Waals surface area (Å²) in [5, 5.41) is 3.24. The van der Waals surface area contributed by atoms with Gasteiger partial charge in [0.15, 0.2) is 0 Å². The van der Waals surface area contributed by atoms with Crippen LogP contribution in [0.15, 0.2) is 35.1 Å². The number of nitrogens with one attached hydrogen (secondary N) is 2. The van der Waals surface area contributed by atoms with Crippen LogP contribution in [-0.2, 0) is 6.54 Å². The maximum Gasteiger partial charge on any atom is 0.252 e. The van der Waals surface area contributed by atoms with Crippen LogP contribution >= 0.6 is 0 Å². The van der Waals surface area contributed by atoms with Gasteiger partial charge in [0.1, 0.15) is 11.5 Å². The summed E-state index contributed by atoms with van der Waals surface area (Å²) < 4.78 is 10.6. The van der Waals surface area contributed by atoms with Gasteiger partial charge in [-0.2, -0.15) is 0 Å². The molecular weight excluding hydrogens is 280 g/mol. The second kappa shape index (κ2) is 7.13. The molecule has 0 unspecified atom stereocenters. The standard InChI is InChI=1S/C17H22N2O3/c1-11(2)18-10-12-5-7-15(19-17(12)20)14-9-13(21-3)6-8-16(14)22-4/h5-9,11,18H,10H2,1-4H3,(H,19,20). The number of benzene rings is 1. The Labute approximate surface area is 130 Å². The van der Waals surface area contributed by atoms with Gasteiger partial charge in [0.2, 0.25) is 0 Å². The lowest BCUT2D eigenvalue weighted by atomic mass is 10.1. The fraction of sp³-hybridized carbons (Fsp3) is 0.353. The number of aromatic nitrogens is 1. The van der Waals surface area contributed by atoms with Crippen molar-refractivity contribution in [3.8, 4) is 22.8 Å². The van der Waals surface area contributed by atoms with Gasteiger partial charge >= 0.3 is 0 Å². The molecule has 2 aromatic rings. The predicted molar refractivity (Wildman–Crippen MR) is 87.6 cm³/mol. The molecular formula is C17H22N2O3. The number of H-pyrrole nitrogens is 1. The van der Waals surface area contributed by atoms with E-state index in [2.05, 4.69) is 10.3 Å². The van der Waals surface area contributed by atoms with E-state index in [1.807, 2.05) is 44.2 Å². The average molecular weight is 302 g/mol. The lowest BCUT2D eigenvalue weighted by Crippen LogP contribution is -2.26. The highest BCUT2D eigenvalue weighted by Crippen LogP contribution is 2.31. The molecule has 0 aliphatic heterocycles. The molecule has 0 amide bonds. The van der Waals surface area contributed by atoms with Crippen molar-refractivity contribution in [1.82, 2.24) is 10.3 Å². The van der Waals surface area contributed by atoms with Gasteiger partial charge in [-0.1, -0.05) is 19.9 Å². The van der Waals surface area contributed by atoms with E-state index in [1.165, 1.54) is 0 Å². The second-order valence-electron chi connectivity index (χ2n) is 5.33. The zero-order chi connectivity index (χ0) is 16.1. The van der Waals surface area contributed by atoms with Crippen LogP contribution in [0.25, 0.3) is 11.3 Å². The molecule has 0 radical (unpaired) electrons. The molecule has 0 fully saturated rings. The molecule has 0 saturated heterocycles. The third-order valence-corrected chi connectivity index (χ3v) is 3.39. The highest BCUT2D eigenvalue weighted by molar-refractivity contribution is 5.69. The summed E-state index contributed by atoms with van der Waals surface area (Å²) in [6, 6.07) is 9.54. The largest absolute Gasteiger partial charge is 0.497 e. The first kappa shape index (κ1) is 16.1. The van der Waals surface area contributed by atoms with Gasteiger partial charge in [0, 0.05) is 23.7 Å². The molecule has 1 aromatic heterocycles. The quantitative estimate of drug-likeness (QED) is 0.861. The lowest BCUT2D eigenvalue weighted by molar-refractivity contribution is 0.404. The van der Waals surface area contributed by atoms with Crippen molar-refractivity contribution in [2.24, 2.45) is 0 Å². The molecule has 0 saturated carbocycles. The summed E-state index contributed by atoms with van der Waals surface area (Å²) in [5.41, 5.74) is 2.10. The third kappa shape index (κ3) is 3.68. The van der Waals surface area contributed by atoms with E-state index in [1.54, 1.807) is 14.2 Å². The number of pyridine rings is 1. The van der Waals surface area contributed by atoms with E-state index in [0.29, 0.717) is 35.3 Å². The minimum Gasteiger partial charge on any atom is -0.497 e. The highest BCUT2D eigenvalue weighted by atomic mass is 16.5. The highest BCUT2D eigenvalue weighted by Gasteiger charge is 2.10. The number of aromatic amines is 1. The average Bonchev–Trinajstić information content (AvgIpc) is 2.52. The van der Waals surface area contributed by atoms with Gasteiger partial charge in [-0.25, -0.2) is 0 Å². The molecule has 5 nitrogen and oxygen atoms in total. The van der Waals surface area contributed by atoms with Crippen molar-refractivity contribution in [2.75, 3.05) is 14.2 Å². The minimum atomic E-state index is -0.101. The van der Waals surface area contributed by atoms with E-state index in [9.17, 15) is 4.79 Å². The fourth-order valence-corrected chi connectivity index (χ4v) is 2.14. The molecule has 1 heterocycles. The van der Waals surface area contributed by atoms with E-state index in [4.69, 9.17) is 9.47 Å². The SMILES string of the molecule is COc1ccc(OC)c(-c2ccc(CNC(C)C)c(=O)[nH]2)c1. The monoisotopic (exact) mass is 302 g/mol. The van der Waals surface area contributed by atoms with Crippen LogP contribution in [0, 0.1) is 0 Å². The summed E-state index contributed by atoms with van der Waals surface area (Å²) >= 11 is 0. The molecule has 0 atom stereocenters. The summed E-state index contributed by atoms with van der Waals surface area (Å²) in [4.78, 5) is 15.1. The van der Waals surface area contributed by atoms with Crippen molar-refractivity contribution in [3.63, 3.8) is 0 Å². The second-order valence-corrected chi connectivity index (χ2v) is 5.33. The maximum absolute atomic E-state index is 12.2. The van der Waals surface area contributed by atoms with E-state index < -0.39 is 0 Å². The molecule has 1 aromatic carbocycles. The molecule has 2 N–H and O–H groups in total. The number of methoxy groups -OCH3 is 2. The first-order valence-electron chi connectivity index (χ1n) is 7.23. The molecule has 0 spiro atoms. The Kier molecular flexibility index (Phi) is 5.22. The smallest absolute Gasteiger partial charge is 0.252 e. The van der Waals surface area contributed by atoms with Crippen LogP contribution in [0.4, 0.5) is 0 Å². The Bertz CT molecular complexity index is 693. The summed E-state index contributed by atoms with van der Waals surface area (Å²) in [5.74, 6) is 1.40. The maximum atomic E-state index is 12.2. The number of ether oxygens (including phenoxy) is 2. The Morgan fingerprint density at radius 1 is 1.14 bits per heavy atom. The lowest BCUT2D eigenvalue weighted by Gasteiger charge is -2.12. The number of hydrogen-bond donors (Lipinski definition) is 2. The minimum absolute atomic E-state index is 0.101. The van der Waals surface area contributed by atoms with Crippen molar-refractivity contribution >= 4 is 0 Å². The molecule has 118 valence electrons. The third-order valence-electron chi connectivity index (χ3n) is 3.39. The first-order valence-corrected chi connectivity index (χ1v) is 7.23. The zero-order valence-electron chi connectivity index (χ0n) is 13.4. The number of rotatable bonds is 6. The zero-order valence-corrected chi connectivity index (χ0v) is 13.4. The molecule has 2 rings (SSSR count). The Morgan fingerprint density at radius 3 is 2.50 bits per heavy atom. The summed E-state index contributed by atoms with van der Waals surface area (Å²) in [7, 11) is 3.21. The fourth-order valence-electron chi connectivity index (χ4n) is 2.14. The molecule has 0 aliphatic carbocycles. The normalized spacial score (nSPS) is 10.8. The van der Waals surface area contributed by atoms with Gasteiger partial charge in [-0.3, -0.25) is 4.79 Å². The predicted octanol–water partition coefficient (Wildman–Crippen LogP) is 2.56. The van der Waals surface area contributed by atoms with Crippen LogP contribution in [-0.4, -0.2) is 25.2 Å². The van der Waals surface area contributed by atoms with Crippen molar-refractivity contribution in [1.29, 1.82) is 0 Å². The van der Waals surface area contributed by atoms with Gasteiger partial charge in [-0.05, 0) is 24.3 Å². The van der Waals surface area contributed by atoms with E-state index in [-0.39, 0.29) is 5.56 Å². The summed E-state index contributed by atoms with van der Waals surface area (Å²) in [6.07, 6.45) is 0. The van der Waals surface area contributed by atoms with E-state index >= 15 is 0 Å². The van der Waals surface area contributed by atoms with Crippen LogP contribution in [0.3, 0.4) is 0 Å². The Morgan fingerprint density at radius 2 is 1.91 bits per heavy atom. The van der Waals surface area contributed by atoms with Crippen molar-refractivity contribution < 1.29 is 9.47 Å². The molecule has 5 heteroatoms. The van der Waals surface area contributed by atoms with E-state index in [0.717, 1.165) is 5.56 Å². The van der Waals surface area contributed by atoms with Crippen LogP contribution in [0.5, 0.6) is 11.5 Å². The molecule has 0 aliphatic rings. The molecule has 0 bridgehead atoms. The van der Waals surface area contributed by atoms with Crippen LogP contribution < -0.4 is 20.3 Å². The topological polar surface area (TPSA) is 63.4 Å². The van der Waals surface area contributed by atoms with Crippen molar-refractivity contribution in [3.05, 3.63) is 46.2 Å². The van der Waals surface area contributed by atoms with Crippen LogP contribution in [0.2, 0.25) is 0 Å². The van der Waals surface area contributed by atoms with Gasteiger partial charge in [0.05, 0.1) is 19.9 Å². The van der Waals surface area contributed by atoms with Gasteiger partial charge in [0.25, 0.3) is 5.56 Å². The first-order chi connectivity index (χ1) is 10.5. The van der Waals surface area contributed by atoms with Gasteiger partial charge in [-0.15, -0.1) is 0 Å². The Hall–Kier alpha value is -2.27. The van der Waals surface area contributed by atoms with Crippen LogP contribution in [0.1, 0.15) is 19.4 Å². The summed E-state index contributed by atoms with van der Waals surface area (Å²) in [6.45, 7) is 4.63. The molecule has 22 heavy (non-hydrogen) atoms.